The number of hydrogen-bond donors (Lipinski definition) is 1. The normalized spacial score (nSPS) is 12.0. The Bertz CT molecular complexity index is 575. The second-order valence-electron chi connectivity index (χ2n) is 6.31. The molecule has 0 atom stereocenters. The molecule has 0 bridgehead atoms. The van der Waals surface area contributed by atoms with Crippen molar-refractivity contribution >= 4 is 0 Å². The van der Waals surface area contributed by atoms with Gasteiger partial charge < -0.3 is 5.32 Å². The van der Waals surface area contributed by atoms with Gasteiger partial charge in [0.25, 0.3) is 0 Å². The molecule has 0 aliphatic carbocycles. The van der Waals surface area contributed by atoms with Gasteiger partial charge in [-0.3, -0.25) is 4.68 Å². The molecule has 0 unspecified atom stereocenters. The minimum atomic E-state index is 0.0840. The van der Waals surface area contributed by atoms with Crippen LogP contribution in [0.15, 0.2) is 12.3 Å². The number of nitrogens with zero attached hydrogens (tertiary/aromatic N) is 5. The second-order valence-corrected chi connectivity index (χ2v) is 6.31. The molecule has 2 rings (SSSR count). The summed E-state index contributed by atoms with van der Waals surface area (Å²) in [5.41, 5.74) is 3.35. The molecule has 0 saturated carbocycles. The van der Waals surface area contributed by atoms with Gasteiger partial charge in [-0.25, -0.2) is 4.68 Å². The van der Waals surface area contributed by atoms with Gasteiger partial charge in [0, 0.05) is 18.6 Å². The molecule has 0 aliphatic heterocycles. The van der Waals surface area contributed by atoms with Crippen LogP contribution in [0.1, 0.15) is 51.7 Å². The monoisotopic (exact) mass is 290 g/mol. The van der Waals surface area contributed by atoms with Gasteiger partial charge in [-0.05, 0) is 40.2 Å². The van der Waals surface area contributed by atoms with E-state index in [0.717, 1.165) is 30.9 Å². The third-order valence-corrected chi connectivity index (χ3v) is 3.29. The summed E-state index contributed by atoms with van der Waals surface area (Å²) in [4.78, 5) is 0. The van der Waals surface area contributed by atoms with Crippen molar-refractivity contribution in [3.63, 3.8) is 0 Å². The molecule has 0 aliphatic rings. The van der Waals surface area contributed by atoms with Gasteiger partial charge in [0.1, 0.15) is 0 Å². The molecule has 2 heterocycles. The second kappa shape index (κ2) is 6.39. The molecular formula is C15H26N6. The first-order valence-corrected chi connectivity index (χ1v) is 7.61. The summed E-state index contributed by atoms with van der Waals surface area (Å²) in [6.45, 7) is 13.0. The molecule has 6 heteroatoms. The number of aryl methyl sites for hydroxylation is 2. The summed E-state index contributed by atoms with van der Waals surface area (Å²) in [6.07, 6.45) is 2.95. The molecule has 116 valence electrons. The lowest BCUT2D eigenvalue weighted by atomic mass is 10.1. The molecular weight excluding hydrogens is 264 g/mol. The van der Waals surface area contributed by atoms with Crippen molar-refractivity contribution in [3.8, 4) is 0 Å². The van der Waals surface area contributed by atoms with Crippen molar-refractivity contribution in [2.75, 3.05) is 0 Å². The van der Waals surface area contributed by atoms with Gasteiger partial charge in [0.05, 0.1) is 29.8 Å². The van der Waals surface area contributed by atoms with E-state index in [1.165, 1.54) is 5.69 Å². The Kier molecular flexibility index (Phi) is 4.77. The largest absolute Gasteiger partial charge is 0.306 e. The van der Waals surface area contributed by atoms with Crippen LogP contribution in [0.5, 0.6) is 0 Å². The lowest BCUT2D eigenvalue weighted by molar-refractivity contribution is 0.421. The highest BCUT2D eigenvalue weighted by molar-refractivity contribution is 5.11. The van der Waals surface area contributed by atoms with Crippen LogP contribution < -0.4 is 5.32 Å². The molecule has 6 nitrogen and oxygen atoms in total. The summed E-state index contributed by atoms with van der Waals surface area (Å²) in [6, 6.07) is 2.15. The predicted octanol–water partition coefficient (Wildman–Crippen LogP) is 1.99. The summed E-state index contributed by atoms with van der Waals surface area (Å²) in [5.74, 6) is 0. The molecule has 0 fully saturated rings. The van der Waals surface area contributed by atoms with Gasteiger partial charge in [0.2, 0.25) is 0 Å². The topological polar surface area (TPSA) is 60.6 Å². The lowest BCUT2D eigenvalue weighted by Gasteiger charge is -2.19. The number of rotatable bonds is 6. The third kappa shape index (κ3) is 4.39. The van der Waals surface area contributed by atoms with Crippen molar-refractivity contribution in [2.45, 2.75) is 66.2 Å². The highest BCUT2D eigenvalue weighted by atomic mass is 15.4. The SMILES string of the molecule is CCc1cc(Cn2cc(CNC(C)(C)C)nn2)n(CC)n1. The first-order chi connectivity index (χ1) is 9.91. The molecule has 0 radical (unpaired) electrons. The van der Waals surface area contributed by atoms with Crippen LogP contribution in [-0.4, -0.2) is 30.3 Å². The van der Waals surface area contributed by atoms with E-state index >= 15 is 0 Å². The van der Waals surface area contributed by atoms with E-state index < -0.39 is 0 Å². The molecule has 2 aromatic rings. The Hall–Kier alpha value is -1.69. The summed E-state index contributed by atoms with van der Waals surface area (Å²) in [5, 5.41) is 16.4. The third-order valence-electron chi connectivity index (χ3n) is 3.29. The van der Waals surface area contributed by atoms with E-state index in [4.69, 9.17) is 0 Å². The van der Waals surface area contributed by atoms with Crippen LogP contribution in [0.25, 0.3) is 0 Å². The molecule has 0 aromatic carbocycles. The minimum absolute atomic E-state index is 0.0840. The first-order valence-electron chi connectivity index (χ1n) is 7.61. The van der Waals surface area contributed by atoms with Crippen molar-refractivity contribution in [3.05, 3.63) is 29.3 Å². The Morgan fingerprint density at radius 2 is 1.95 bits per heavy atom. The van der Waals surface area contributed by atoms with Crippen molar-refractivity contribution in [1.29, 1.82) is 0 Å². The fraction of sp³-hybridized carbons (Fsp3) is 0.667. The maximum Gasteiger partial charge on any atom is 0.0965 e. The van der Waals surface area contributed by atoms with E-state index in [1.54, 1.807) is 0 Å². The zero-order valence-corrected chi connectivity index (χ0v) is 13.7. The Morgan fingerprint density at radius 3 is 2.57 bits per heavy atom. The van der Waals surface area contributed by atoms with Crippen molar-refractivity contribution in [1.82, 2.24) is 30.1 Å². The van der Waals surface area contributed by atoms with E-state index in [-0.39, 0.29) is 5.54 Å². The lowest BCUT2D eigenvalue weighted by Crippen LogP contribution is -2.35. The fourth-order valence-electron chi connectivity index (χ4n) is 2.11. The standard InChI is InChI=1S/C15H26N6/c1-6-12-8-14(21(7-2)18-12)11-20-10-13(17-19-20)9-16-15(3,4)5/h8,10,16H,6-7,9,11H2,1-5H3. The van der Waals surface area contributed by atoms with Gasteiger partial charge in [0.15, 0.2) is 0 Å². The van der Waals surface area contributed by atoms with Crippen molar-refractivity contribution < 1.29 is 0 Å². The van der Waals surface area contributed by atoms with Gasteiger partial charge in [-0.15, -0.1) is 5.10 Å². The number of hydrogen-bond acceptors (Lipinski definition) is 4. The van der Waals surface area contributed by atoms with E-state index in [1.807, 2.05) is 15.6 Å². The minimum Gasteiger partial charge on any atom is -0.306 e. The van der Waals surface area contributed by atoms with Crippen LogP contribution in [0.2, 0.25) is 0 Å². The Morgan fingerprint density at radius 1 is 1.19 bits per heavy atom. The van der Waals surface area contributed by atoms with Gasteiger partial charge in [-0.1, -0.05) is 12.1 Å². The molecule has 0 spiro atoms. The molecule has 2 aromatic heterocycles. The van der Waals surface area contributed by atoms with Crippen LogP contribution in [-0.2, 0) is 26.1 Å². The first kappa shape index (κ1) is 15.7. The summed E-state index contributed by atoms with van der Waals surface area (Å²) >= 11 is 0. The van der Waals surface area contributed by atoms with Crippen LogP contribution in [0.3, 0.4) is 0 Å². The van der Waals surface area contributed by atoms with E-state index in [9.17, 15) is 0 Å². The average Bonchev–Trinajstić information content (AvgIpc) is 3.02. The van der Waals surface area contributed by atoms with Crippen LogP contribution in [0, 0.1) is 0 Å². The summed E-state index contributed by atoms with van der Waals surface area (Å²) in [7, 11) is 0. The smallest absolute Gasteiger partial charge is 0.0965 e. The maximum absolute atomic E-state index is 4.56. The molecule has 0 amide bonds. The van der Waals surface area contributed by atoms with E-state index in [0.29, 0.717) is 6.54 Å². The highest BCUT2D eigenvalue weighted by Gasteiger charge is 2.11. The Balaban J connectivity index is 2.03. The quantitative estimate of drug-likeness (QED) is 0.884. The van der Waals surface area contributed by atoms with Crippen molar-refractivity contribution in [2.24, 2.45) is 0 Å². The Labute approximate surface area is 126 Å². The molecule has 1 N–H and O–H groups in total. The zero-order valence-electron chi connectivity index (χ0n) is 13.7. The number of aromatic nitrogens is 5. The average molecular weight is 290 g/mol. The fourth-order valence-corrected chi connectivity index (χ4v) is 2.11. The summed E-state index contributed by atoms with van der Waals surface area (Å²) < 4.78 is 3.91. The highest BCUT2D eigenvalue weighted by Crippen LogP contribution is 2.08. The molecule has 0 saturated heterocycles. The van der Waals surface area contributed by atoms with Crippen LogP contribution >= 0.6 is 0 Å². The van der Waals surface area contributed by atoms with Gasteiger partial charge >= 0.3 is 0 Å². The van der Waals surface area contributed by atoms with E-state index in [2.05, 4.69) is 61.4 Å². The predicted molar refractivity (Wildman–Crippen MR) is 83.0 cm³/mol. The van der Waals surface area contributed by atoms with Gasteiger partial charge in [-0.2, -0.15) is 5.10 Å². The zero-order chi connectivity index (χ0) is 15.5. The molecule has 21 heavy (non-hydrogen) atoms. The number of nitrogens with one attached hydrogen (secondary N) is 1. The van der Waals surface area contributed by atoms with Crippen LogP contribution in [0.4, 0.5) is 0 Å². The maximum atomic E-state index is 4.56.